The van der Waals surface area contributed by atoms with Gasteiger partial charge in [0.2, 0.25) is 21.8 Å². The first kappa shape index (κ1) is 31.2. The van der Waals surface area contributed by atoms with Gasteiger partial charge >= 0.3 is 0 Å². The molecule has 7 nitrogen and oxygen atoms in total. The fraction of sp³-hybridized carbons (Fsp3) is 0.462. The highest BCUT2D eigenvalue weighted by Crippen LogP contribution is 2.31. The quantitative estimate of drug-likeness (QED) is 0.321. The number of amides is 2. The summed E-state index contributed by atoms with van der Waals surface area (Å²) < 4.78 is 26.2. The molecule has 2 rings (SSSR count). The number of carbonyl (C=O) groups excluding carboxylic acids is 2. The third kappa shape index (κ3) is 9.36. The average molecular weight is 591 g/mol. The summed E-state index contributed by atoms with van der Waals surface area (Å²) in [7, 11) is -3.70. The minimum Gasteiger partial charge on any atom is -0.354 e. The predicted molar refractivity (Wildman–Crippen MR) is 152 cm³/mol. The van der Waals surface area contributed by atoms with Gasteiger partial charge in [-0.15, -0.1) is 0 Å². The third-order valence-corrected chi connectivity index (χ3v) is 7.80. The number of hydrogen-bond acceptors (Lipinski definition) is 4. The molecule has 0 spiro atoms. The summed E-state index contributed by atoms with van der Waals surface area (Å²) in [5, 5.41) is 3.98. The van der Waals surface area contributed by atoms with Crippen molar-refractivity contribution in [1.29, 1.82) is 0 Å². The van der Waals surface area contributed by atoms with Crippen LogP contribution in [0.2, 0.25) is 15.1 Å². The lowest BCUT2D eigenvalue weighted by Crippen LogP contribution is -2.49. The molecule has 0 aliphatic carbocycles. The Morgan fingerprint density at radius 3 is 2.30 bits per heavy atom. The molecule has 0 heterocycles. The minimum absolute atomic E-state index is 0.0148. The Labute approximate surface area is 235 Å². The van der Waals surface area contributed by atoms with E-state index in [1.807, 2.05) is 32.9 Å². The smallest absolute Gasteiger partial charge is 0.242 e. The lowest BCUT2D eigenvalue weighted by atomic mass is 10.1. The van der Waals surface area contributed by atoms with Gasteiger partial charge in [-0.2, -0.15) is 0 Å². The lowest BCUT2D eigenvalue weighted by Gasteiger charge is -2.31. The lowest BCUT2D eigenvalue weighted by molar-refractivity contribution is -0.141. The number of sulfonamides is 1. The average Bonchev–Trinajstić information content (AvgIpc) is 2.82. The van der Waals surface area contributed by atoms with Crippen molar-refractivity contribution in [1.82, 2.24) is 10.2 Å². The number of carbonyl (C=O) groups is 2. The zero-order chi connectivity index (χ0) is 27.8. The SMILES string of the molecule is CC[C@@H](C(=O)NCC(C)C)N(Cc1ccccc1Cl)C(=O)CCCN(c1cc(Cl)ccc1Cl)S(C)(=O)=O. The highest BCUT2D eigenvalue weighted by Gasteiger charge is 2.29. The molecule has 0 saturated carbocycles. The van der Waals surface area contributed by atoms with E-state index < -0.39 is 16.1 Å². The van der Waals surface area contributed by atoms with E-state index >= 15 is 0 Å². The number of benzene rings is 2. The number of rotatable bonds is 13. The molecular formula is C26H34Cl3N3O4S. The van der Waals surface area contributed by atoms with E-state index in [1.165, 1.54) is 17.0 Å². The highest BCUT2D eigenvalue weighted by molar-refractivity contribution is 7.92. The van der Waals surface area contributed by atoms with Crippen molar-refractivity contribution >= 4 is 62.3 Å². The van der Waals surface area contributed by atoms with Gasteiger partial charge in [0, 0.05) is 36.1 Å². The maximum absolute atomic E-state index is 13.5. The molecule has 0 fully saturated rings. The van der Waals surface area contributed by atoms with Crippen LogP contribution in [0.15, 0.2) is 42.5 Å². The highest BCUT2D eigenvalue weighted by atomic mass is 35.5. The normalized spacial score (nSPS) is 12.3. The van der Waals surface area contributed by atoms with Crippen LogP contribution in [0.3, 0.4) is 0 Å². The molecule has 2 aromatic rings. The van der Waals surface area contributed by atoms with Crippen molar-refractivity contribution in [3.05, 3.63) is 63.1 Å². The monoisotopic (exact) mass is 589 g/mol. The Morgan fingerprint density at radius 2 is 1.70 bits per heavy atom. The van der Waals surface area contributed by atoms with Gasteiger partial charge in [0.25, 0.3) is 0 Å². The first-order valence-electron chi connectivity index (χ1n) is 12.1. The van der Waals surface area contributed by atoms with Gasteiger partial charge in [-0.05, 0) is 48.6 Å². The third-order valence-electron chi connectivity index (χ3n) is 5.70. The van der Waals surface area contributed by atoms with E-state index in [0.29, 0.717) is 23.0 Å². The van der Waals surface area contributed by atoms with Gasteiger partial charge in [-0.25, -0.2) is 8.42 Å². The second-order valence-electron chi connectivity index (χ2n) is 9.21. The number of anilines is 1. The molecule has 37 heavy (non-hydrogen) atoms. The molecule has 0 bridgehead atoms. The Kier molecular flexibility index (Phi) is 12.0. The summed E-state index contributed by atoms with van der Waals surface area (Å²) in [6, 6.07) is 11.0. The van der Waals surface area contributed by atoms with Crippen LogP contribution in [0.5, 0.6) is 0 Å². The largest absolute Gasteiger partial charge is 0.354 e. The van der Waals surface area contributed by atoms with E-state index in [4.69, 9.17) is 34.8 Å². The molecule has 2 amide bonds. The standard InChI is InChI=1S/C26H34Cl3N3O4S/c1-5-23(26(34)30-16-18(2)3)31(17-19-9-6-7-10-21(19)28)25(33)11-8-14-32(37(4,35)36)24-15-20(27)12-13-22(24)29/h6-7,9-10,12-13,15,18,23H,5,8,11,14,16-17H2,1-4H3,(H,30,34)/t23-/m0/s1. The second kappa shape index (κ2) is 14.2. The van der Waals surface area contributed by atoms with Gasteiger partial charge < -0.3 is 10.2 Å². The van der Waals surface area contributed by atoms with E-state index in [2.05, 4.69) is 5.32 Å². The molecule has 0 unspecified atom stereocenters. The number of halogens is 3. The summed E-state index contributed by atoms with van der Waals surface area (Å²) >= 11 is 18.7. The maximum atomic E-state index is 13.5. The molecule has 0 radical (unpaired) electrons. The molecule has 1 N–H and O–H groups in total. The first-order chi connectivity index (χ1) is 17.3. The Morgan fingerprint density at radius 1 is 1.03 bits per heavy atom. The van der Waals surface area contributed by atoms with E-state index in [0.717, 1.165) is 16.1 Å². The topological polar surface area (TPSA) is 86.8 Å². The molecule has 1 atom stereocenters. The summed E-state index contributed by atoms with van der Waals surface area (Å²) in [6.07, 6.45) is 1.70. The number of nitrogens with zero attached hydrogens (tertiary/aromatic N) is 2. The molecule has 0 aliphatic heterocycles. The van der Waals surface area contributed by atoms with Crippen molar-refractivity contribution in [3.63, 3.8) is 0 Å². The Balaban J connectivity index is 2.25. The summed E-state index contributed by atoms with van der Waals surface area (Å²) in [6.45, 7) is 6.50. The van der Waals surface area contributed by atoms with Crippen LogP contribution in [0.1, 0.15) is 45.6 Å². The van der Waals surface area contributed by atoms with Crippen LogP contribution in [0, 0.1) is 5.92 Å². The minimum atomic E-state index is -3.70. The van der Waals surface area contributed by atoms with Gasteiger partial charge in [0.15, 0.2) is 0 Å². The molecule has 0 saturated heterocycles. The Bertz CT molecular complexity index is 1190. The van der Waals surface area contributed by atoms with Crippen LogP contribution < -0.4 is 9.62 Å². The maximum Gasteiger partial charge on any atom is 0.242 e. The van der Waals surface area contributed by atoms with Crippen LogP contribution >= 0.6 is 34.8 Å². The van der Waals surface area contributed by atoms with Crippen molar-refractivity contribution in [2.24, 2.45) is 5.92 Å². The predicted octanol–water partition coefficient (Wildman–Crippen LogP) is 5.77. The zero-order valence-electron chi connectivity index (χ0n) is 21.5. The van der Waals surface area contributed by atoms with E-state index in [9.17, 15) is 18.0 Å². The Hall–Kier alpha value is -2.00. The second-order valence-corrected chi connectivity index (χ2v) is 12.4. The van der Waals surface area contributed by atoms with Crippen LogP contribution in [0.4, 0.5) is 5.69 Å². The molecule has 0 aliphatic rings. The molecule has 11 heteroatoms. The summed E-state index contributed by atoms with van der Waals surface area (Å²) in [4.78, 5) is 28.0. The first-order valence-corrected chi connectivity index (χ1v) is 15.1. The van der Waals surface area contributed by atoms with Gasteiger partial charge in [-0.3, -0.25) is 13.9 Å². The van der Waals surface area contributed by atoms with Crippen LogP contribution in [0.25, 0.3) is 0 Å². The van der Waals surface area contributed by atoms with Crippen molar-refractivity contribution in [3.8, 4) is 0 Å². The molecule has 0 aromatic heterocycles. The van der Waals surface area contributed by atoms with Gasteiger partial charge in [-0.1, -0.05) is 73.8 Å². The van der Waals surface area contributed by atoms with Gasteiger partial charge in [0.05, 0.1) is 17.0 Å². The van der Waals surface area contributed by atoms with Crippen molar-refractivity contribution in [2.75, 3.05) is 23.7 Å². The fourth-order valence-corrected chi connectivity index (χ4v) is 5.41. The van der Waals surface area contributed by atoms with Crippen molar-refractivity contribution < 1.29 is 18.0 Å². The van der Waals surface area contributed by atoms with Crippen molar-refractivity contribution in [2.45, 2.75) is 52.6 Å². The van der Waals surface area contributed by atoms with Crippen LogP contribution in [-0.2, 0) is 26.2 Å². The van der Waals surface area contributed by atoms with E-state index in [1.54, 1.807) is 18.2 Å². The summed E-state index contributed by atoms with van der Waals surface area (Å²) in [5.41, 5.74) is 0.965. The number of hydrogen-bond donors (Lipinski definition) is 1. The summed E-state index contributed by atoms with van der Waals surface area (Å²) in [5.74, 6) is -0.258. The van der Waals surface area contributed by atoms with Gasteiger partial charge in [0.1, 0.15) is 6.04 Å². The van der Waals surface area contributed by atoms with Crippen LogP contribution in [-0.4, -0.2) is 50.5 Å². The molecule has 204 valence electrons. The molecule has 2 aromatic carbocycles. The zero-order valence-corrected chi connectivity index (χ0v) is 24.6. The van der Waals surface area contributed by atoms with E-state index in [-0.39, 0.29) is 54.4 Å². The number of nitrogens with one attached hydrogen (secondary N) is 1. The fourth-order valence-electron chi connectivity index (χ4n) is 3.81. The molecular weight excluding hydrogens is 557 g/mol.